The lowest BCUT2D eigenvalue weighted by atomic mass is 10.4. The fraction of sp³-hybridized carbons (Fsp3) is 0.100. The van der Waals surface area contributed by atoms with Crippen molar-refractivity contribution in [2.75, 3.05) is 0 Å². The first-order chi connectivity index (χ1) is 8.95. The molecular formula is C10H6Br2N2O4S. The van der Waals surface area contributed by atoms with Crippen LogP contribution < -0.4 is 0 Å². The van der Waals surface area contributed by atoms with E-state index < -0.39 is 5.97 Å². The molecular weight excluding hydrogens is 404 g/mol. The van der Waals surface area contributed by atoms with Gasteiger partial charge in [-0.3, -0.25) is 0 Å². The second-order valence-electron chi connectivity index (χ2n) is 3.27. The van der Waals surface area contributed by atoms with Gasteiger partial charge in [-0.15, -0.1) is 10.2 Å². The van der Waals surface area contributed by atoms with Crippen LogP contribution >= 0.6 is 43.6 Å². The van der Waals surface area contributed by atoms with Gasteiger partial charge < -0.3 is 13.9 Å². The minimum absolute atomic E-state index is 0.0115. The highest BCUT2D eigenvalue weighted by molar-refractivity contribution is 9.13. The third kappa shape index (κ3) is 3.71. The van der Waals surface area contributed by atoms with E-state index in [4.69, 9.17) is 13.9 Å². The number of aliphatic carboxylic acids is 1. The molecule has 0 aromatic carbocycles. The number of carbonyl (C=O) groups is 1. The quantitative estimate of drug-likeness (QED) is 0.607. The van der Waals surface area contributed by atoms with Gasteiger partial charge in [0.25, 0.3) is 5.22 Å². The van der Waals surface area contributed by atoms with E-state index in [0.29, 0.717) is 20.8 Å². The molecule has 0 aliphatic carbocycles. The van der Waals surface area contributed by atoms with Crippen molar-refractivity contribution >= 4 is 55.7 Å². The van der Waals surface area contributed by atoms with Crippen molar-refractivity contribution in [1.82, 2.24) is 10.2 Å². The first-order valence-electron chi connectivity index (χ1n) is 4.83. The Balaban J connectivity index is 2.27. The second kappa shape index (κ2) is 5.93. The van der Waals surface area contributed by atoms with Gasteiger partial charge >= 0.3 is 5.97 Å². The van der Waals surface area contributed by atoms with Crippen LogP contribution in [0.5, 0.6) is 0 Å². The van der Waals surface area contributed by atoms with Gasteiger partial charge in [0.05, 0.1) is 4.47 Å². The van der Waals surface area contributed by atoms with E-state index in [-0.39, 0.29) is 10.1 Å². The largest absolute Gasteiger partial charge is 0.477 e. The van der Waals surface area contributed by atoms with Crippen LogP contribution in [-0.2, 0) is 4.79 Å². The van der Waals surface area contributed by atoms with Crippen molar-refractivity contribution in [2.24, 2.45) is 0 Å². The molecule has 0 aliphatic heterocycles. The summed E-state index contributed by atoms with van der Waals surface area (Å²) in [6.07, 6.45) is 1.38. The molecule has 100 valence electrons. The summed E-state index contributed by atoms with van der Waals surface area (Å²) < 4.78 is 11.6. The van der Waals surface area contributed by atoms with Crippen molar-refractivity contribution in [1.29, 1.82) is 0 Å². The lowest BCUT2D eigenvalue weighted by molar-refractivity contribution is -0.131. The maximum absolute atomic E-state index is 11.2. The summed E-state index contributed by atoms with van der Waals surface area (Å²) in [7, 11) is 0. The van der Waals surface area contributed by atoms with Crippen LogP contribution in [0, 0.1) is 6.92 Å². The summed E-state index contributed by atoms with van der Waals surface area (Å²) in [6, 6.07) is 1.65. The predicted molar refractivity (Wildman–Crippen MR) is 74.6 cm³/mol. The molecule has 0 saturated carbocycles. The zero-order valence-electron chi connectivity index (χ0n) is 9.39. The summed E-state index contributed by atoms with van der Waals surface area (Å²) in [6.45, 7) is 1.63. The van der Waals surface area contributed by atoms with Gasteiger partial charge in [-0.25, -0.2) is 4.79 Å². The third-order valence-electron chi connectivity index (χ3n) is 1.85. The molecule has 2 rings (SSSR count). The highest BCUT2D eigenvalue weighted by Crippen LogP contribution is 2.31. The average molecular weight is 410 g/mol. The van der Waals surface area contributed by atoms with Crippen molar-refractivity contribution in [2.45, 2.75) is 12.1 Å². The Bertz CT molecular complexity index is 630. The molecule has 0 aliphatic rings. The van der Waals surface area contributed by atoms with E-state index in [2.05, 4.69) is 42.1 Å². The van der Waals surface area contributed by atoms with Gasteiger partial charge in [-0.05, 0) is 49.7 Å². The lowest BCUT2D eigenvalue weighted by Crippen LogP contribution is -1.96. The number of furan rings is 1. The van der Waals surface area contributed by atoms with E-state index in [9.17, 15) is 4.79 Å². The molecule has 0 spiro atoms. The maximum atomic E-state index is 11.2. The van der Waals surface area contributed by atoms with E-state index in [1.54, 1.807) is 13.0 Å². The molecule has 2 aromatic rings. The third-order valence-corrected chi connectivity index (χ3v) is 4.42. The van der Waals surface area contributed by atoms with Crippen LogP contribution in [0.4, 0.5) is 0 Å². The van der Waals surface area contributed by atoms with Crippen LogP contribution in [-0.4, -0.2) is 21.3 Å². The van der Waals surface area contributed by atoms with Crippen molar-refractivity contribution in [3.05, 3.63) is 31.8 Å². The minimum Gasteiger partial charge on any atom is -0.477 e. The fourth-order valence-electron chi connectivity index (χ4n) is 1.11. The summed E-state index contributed by atoms with van der Waals surface area (Å²) in [5.41, 5.74) is 0. The number of rotatable bonds is 4. The monoisotopic (exact) mass is 408 g/mol. The minimum atomic E-state index is -1.11. The molecule has 2 heterocycles. The molecule has 6 nitrogen and oxygen atoms in total. The zero-order chi connectivity index (χ0) is 14.0. The van der Waals surface area contributed by atoms with Gasteiger partial charge in [0.2, 0.25) is 5.89 Å². The molecule has 9 heteroatoms. The standard InChI is InChI=1S/C10H6Br2N2O4S/c1-4-13-14-10(17-4)19-7(9(15)16)3-5-2-6(11)8(12)18-5/h2-3H,1H3,(H,15,16)/b7-3-. The molecule has 0 atom stereocenters. The Labute approximate surface area is 128 Å². The second-order valence-corrected chi connectivity index (χ2v) is 5.84. The number of nitrogens with zero attached hydrogens (tertiary/aromatic N) is 2. The normalized spacial score (nSPS) is 11.8. The van der Waals surface area contributed by atoms with Gasteiger partial charge in [0, 0.05) is 13.0 Å². The van der Waals surface area contributed by atoms with E-state index in [1.165, 1.54) is 6.08 Å². The van der Waals surface area contributed by atoms with Gasteiger partial charge in [-0.2, -0.15) is 0 Å². The molecule has 1 N–H and O–H groups in total. The number of hydrogen-bond donors (Lipinski definition) is 1. The van der Waals surface area contributed by atoms with Crippen LogP contribution in [0.15, 0.2) is 34.2 Å². The molecule has 0 fully saturated rings. The molecule has 0 bridgehead atoms. The van der Waals surface area contributed by atoms with E-state index >= 15 is 0 Å². The molecule has 19 heavy (non-hydrogen) atoms. The lowest BCUT2D eigenvalue weighted by Gasteiger charge is -1.96. The maximum Gasteiger partial charge on any atom is 0.342 e. The Morgan fingerprint density at radius 2 is 2.16 bits per heavy atom. The van der Waals surface area contributed by atoms with Gasteiger partial charge in [0.1, 0.15) is 10.7 Å². The Morgan fingerprint density at radius 1 is 1.42 bits per heavy atom. The van der Waals surface area contributed by atoms with Crippen LogP contribution in [0.3, 0.4) is 0 Å². The molecule has 0 radical (unpaired) electrons. The summed E-state index contributed by atoms with van der Waals surface area (Å²) in [5, 5.41) is 16.7. The van der Waals surface area contributed by atoms with Gasteiger partial charge in [-0.1, -0.05) is 0 Å². The fourth-order valence-corrected chi connectivity index (χ4v) is 2.41. The highest BCUT2D eigenvalue weighted by Gasteiger charge is 2.15. The van der Waals surface area contributed by atoms with Crippen molar-refractivity contribution in [3.63, 3.8) is 0 Å². The smallest absolute Gasteiger partial charge is 0.342 e. The molecule has 0 saturated heterocycles. The van der Waals surface area contributed by atoms with Crippen LogP contribution in [0.2, 0.25) is 0 Å². The predicted octanol–water partition coefficient (Wildman–Crippen LogP) is 3.71. The number of thioether (sulfide) groups is 1. The molecule has 0 amide bonds. The van der Waals surface area contributed by atoms with Crippen molar-refractivity contribution in [3.8, 4) is 0 Å². The Kier molecular flexibility index (Phi) is 4.48. The number of aromatic nitrogens is 2. The zero-order valence-corrected chi connectivity index (χ0v) is 13.4. The molecule has 2 aromatic heterocycles. The number of carboxylic acids is 1. The SMILES string of the molecule is Cc1nnc(S/C(=C\c2cc(Br)c(Br)o2)C(=O)O)o1. The van der Waals surface area contributed by atoms with Crippen LogP contribution in [0.25, 0.3) is 6.08 Å². The summed E-state index contributed by atoms with van der Waals surface area (Å²) in [5.74, 6) is -0.347. The number of hydrogen-bond acceptors (Lipinski definition) is 6. The summed E-state index contributed by atoms with van der Waals surface area (Å²) in [4.78, 5) is 11.2. The Hall–Kier alpha value is -1.06. The molecule has 0 unspecified atom stereocenters. The van der Waals surface area contributed by atoms with Crippen LogP contribution in [0.1, 0.15) is 11.7 Å². The number of carboxylic acid groups (broad SMARTS) is 1. The first kappa shape index (κ1) is 14.4. The van der Waals surface area contributed by atoms with Crippen molar-refractivity contribution < 1.29 is 18.7 Å². The topological polar surface area (TPSA) is 89.4 Å². The van der Waals surface area contributed by atoms with Gasteiger partial charge in [0.15, 0.2) is 4.67 Å². The highest BCUT2D eigenvalue weighted by atomic mass is 79.9. The first-order valence-corrected chi connectivity index (χ1v) is 7.23. The van der Waals surface area contributed by atoms with E-state index in [0.717, 1.165) is 11.8 Å². The summed E-state index contributed by atoms with van der Waals surface area (Å²) >= 11 is 7.28. The number of halogens is 2. The average Bonchev–Trinajstić information content (AvgIpc) is 2.85. The number of aryl methyl sites for hydroxylation is 1. The Morgan fingerprint density at radius 3 is 2.63 bits per heavy atom. The van der Waals surface area contributed by atoms with E-state index in [1.807, 2.05) is 0 Å².